The van der Waals surface area contributed by atoms with Crippen LogP contribution in [0.4, 0.5) is 4.79 Å². The lowest BCUT2D eigenvalue weighted by atomic mass is 10.1. The van der Waals surface area contributed by atoms with Crippen LogP contribution in [0.1, 0.15) is 247 Å². The topological polar surface area (TPSA) is 404 Å². The Morgan fingerprint density at radius 3 is 1.32 bits per heavy atom. The maximum absolute atomic E-state index is 14.2. The molecule has 706 valence electrons. The molecular weight excluding hydrogens is 1620 g/mol. The monoisotopic (exact) mass is 1760 g/mol. The van der Waals surface area contributed by atoms with Crippen LogP contribution in [0.3, 0.4) is 0 Å². The maximum atomic E-state index is 14.2. The Bertz CT molecular complexity index is 3850. The first kappa shape index (κ1) is 108. The number of esters is 8. The molecule has 2 aromatic heterocycles. The van der Waals surface area contributed by atoms with Gasteiger partial charge in [0.05, 0.1) is 38.9 Å². The van der Waals surface area contributed by atoms with Crippen LogP contribution in [0.25, 0.3) is 0 Å². The molecule has 0 unspecified atom stereocenters. The predicted octanol–water partition coefficient (Wildman–Crippen LogP) is 8.01. The molecule has 0 radical (unpaired) electrons. The Kier molecular flexibility index (Phi) is 43.4. The van der Waals surface area contributed by atoms with Gasteiger partial charge in [0.15, 0.2) is 0 Å². The van der Waals surface area contributed by atoms with Gasteiger partial charge in [-0.3, -0.25) is 72.3 Å². The Labute approximate surface area is 740 Å². The summed E-state index contributed by atoms with van der Waals surface area (Å²) in [6, 6.07) is 4.36. The molecule has 4 N–H and O–H groups in total. The smallest absolute Gasteiger partial charge is 0.329 e. The van der Waals surface area contributed by atoms with E-state index in [9.17, 15) is 57.5 Å². The average Bonchev–Trinajstić information content (AvgIpc) is 1.77. The van der Waals surface area contributed by atoms with Gasteiger partial charge in [-0.1, -0.05) is 23.8 Å². The number of benzene rings is 1. The standard InChI is InChI=1S/C89H149N15O21/c1-82(2,3)118-73(108)38-37-68(80(115)125-89(22,23)24)94-81(116)93-67(79(114)124-88(19,20)21)31-27-28-39-91-70(105)32-26-25-29-42-101(55-69-90-41-44-102(69)57-72(107)103(61-77(112)122-86(13,14)15)62-78(113)123-87(16,17)18)53-64-33-35-66(36-34-64)117-63-65-54-104(96-95-65)43-30-40-92-71(106)56-97-45-47-98(58-74(109)119-83(4,5)6)49-51-100(60-76(111)121-85(10,11)12)52-50-99(48-46-97)59-75(110)120-84(7,8)9/h33-36,41,44,54,67-68H,25-32,37-40,42-43,45-53,55-63H2,1-24H3,(H,91,105)(H,92,106)(H2,93,94,116)/t67-,68-/m0/s1. The number of ether oxygens (including phenoxy) is 9. The molecule has 36 heteroatoms. The highest BCUT2D eigenvalue weighted by molar-refractivity contribution is 5.88. The summed E-state index contributed by atoms with van der Waals surface area (Å²) in [7, 11) is 0. The minimum Gasteiger partial charge on any atom is -0.487 e. The molecule has 3 aromatic rings. The summed E-state index contributed by atoms with van der Waals surface area (Å²) in [5, 5.41) is 19.9. The number of hydrogen-bond acceptors (Lipinski definition) is 29. The lowest BCUT2D eigenvalue weighted by Crippen LogP contribution is -2.53. The number of rotatable bonds is 43. The fourth-order valence-corrected chi connectivity index (χ4v) is 12.7. The van der Waals surface area contributed by atoms with Crippen LogP contribution in [0, 0.1) is 0 Å². The summed E-state index contributed by atoms with van der Waals surface area (Å²) in [6.07, 6.45) is 8.33. The number of amides is 5. The summed E-state index contributed by atoms with van der Waals surface area (Å²) in [5.41, 5.74) is -4.88. The van der Waals surface area contributed by atoms with Crippen LogP contribution in [0.5, 0.6) is 5.75 Å². The number of carbonyl (C=O) groups excluding carboxylic acids is 12. The van der Waals surface area contributed by atoms with Crippen molar-refractivity contribution in [1.29, 1.82) is 0 Å². The van der Waals surface area contributed by atoms with Crippen molar-refractivity contribution in [3.63, 3.8) is 0 Å². The van der Waals surface area contributed by atoms with Gasteiger partial charge >= 0.3 is 53.8 Å². The van der Waals surface area contributed by atoms with Crippen LogP contribution in [0.15, 0.2) is 42.9 Å². The highest BCUT2D eigenvalue weighted by Gasteiger charge is 2.35. The van der Waals surface area contributed by atoms with Crippen molar-refractivity contribution in [2.24, 2.45) is 0 Å². The van der Waals surface area contributed by atoms with Crippen LogP contribution in [-0.2, 0) is 123 Å². The third-order valence-corrected chi connectivity index (χ3v) is 17.8. The molecule has 1 aliphatic heterocycles. The minimum atomic E-state index is -1.25. The van der Waals surface area contributed by atoms with Gasteiger partial charge in [0, 0.05) is 104 Å². The fourth-order valence-electron chi connectivity index (χ4n) is 12.7. The van der Waals surface area contributed by atoms with E-state index >= 15 is 0 Å². The number of nitrogens with zero attached hydrogens (tertiary/aromatic N) is 11. The lowest BCUT2D eigenvalue weighted by Gasteiger charge is -2.34. The second kappa shape index (κ2) is 50.2. The van der Waals surface area contributed by atoms with Gasteiger partial charge < -0.3 is 73.4 Å². The van der Waals surface area contributed by atoms with Gasteiger partial charge in [0.2, 0.25) is 17.7 Å². The van der Waals surface area contributed by atoms with Crippen molar-refractivity contribution in [2.75, 3.05) is 111 Å². The Balaban J connectivity index is 1.42. The number of nitrogens with one attached hydrogen (secondary N) is 4. The summed E-state index contributed by atoms with van der Waals surface area (Å²) >= 11 is 0. The van der Waals surface area contributed by atoms with E-state index in [1.807, 2.05) is 106 Å². The summed E-state index contributed by atoms with van der Waals surface area (Å²) in [4.78, 5) is 176. The normalized spacial score (nSPS) is 14.7. The SMILES string of the molecule is CC(C)(C)OC(=O)CC[C@H](NC(=O)N[C@@H](CCCCNC(=O)CCCCCN(Cc1ccc(OCc2cn(CCCNC(=O)CN3CCN(CC(=O)OC(C)(C)C)CCN(CC(=O)OC(C)(C)C)CCN(CC(=O)OC(C)(C)C)CC3)nn2)cc1)Cc1nccn1CC(=O)N(CC(=O)OC(C)(C)C)CC(=O)OC(C)(C)C)C(=O)OC(C)(C)C)C(=O)OC(C)(C)C. The molecule has 3 heterocycles. The van der Waals surface area contributed by atoms with Crippen LogP contribution < -0.4 is 26.0 Å². The number of hydrogen-bond donors (Lipinski definition) is 4. The predicted molar refractivity (Wildman–Crippen MR) is 468 cm³/mol. The van der Waals surface area contributed by atoms with Gasteiger partial charge in [-0.2, -0.15) is 0 Å². The highest BCUT2D eigenvalue weighted by Crippen LogP contribution is 2.22. The quantitative estimate of drug-likeness (QED) is 0.0237. The second-order valence-electron chi connectivity index (χ2n) is 39.6. The van der Waals surface area contributed by atoms with Crippen molar-refractivity contribution in [1.82, 2.24) is 75.2 Å². The summed E-state index contributed by atoms with van der Waals surface area (Å²) in [6.45, 7) is 46.3. The van der Waals surface area contributed by atoms with Gasteiger partial charge in [-0.25, -0.2) is 19.4 Å². The van der Waals surface area contributed by atoms with Gasteiger partial charge in [-0.05, 0) is 235 Å². The van der Waals surface area contributed by atoms with E-state index in [0.717, 1.165) is 10.5 Å². The molecule has 2 atom stereocenters. The van der Waals surface area contributed by atoms with E-state index in [2.05, 4.69) is 41.5 Å². The number of carbonyl (C=O) groups is 12. The Hall–Kier alpha value is -9.39. The average molecular weight is 1770 g/mol. The zero-order valence-corrected chi connectivity index (χ0v) is 79.3. The Morgan fingerprint density at radius 2 is 0.856 bits per heavy atom. The molecule has 5 amide bonds. The first-order chi connectivity index (χ1) is 57.8. The number of unbranched alkanes of at least 4 members (excludes halogenated alkanes) is 3. The van der Waals surface area contributed by atoms with Crippen molar-refractivity contribution in [3.05, 3.63) is 59.9 Å². The van der Waals surface area contributed by atoms with Gasteiger partial charge in [0.25, 0.3) is 0 Å². The number of urea groups is 1. The maximum Gasteiger partial charge on any atom is 0.329 e. The third-order valence-electron chi connectivity index (χ3n) is 17.8. The van der Waals surface area contributed by atoms with E-state index in [1.165, 1.54) is 0 Å². The largest absolute Gasteiger partial charge is 0.487 e. The number of aryl methyl sites for hydroxylation is 1. The van der Waals surface area contributed by atoms with E-state index in [4.69, 9.17) is 42.6 Å². The van der Waals surface area contributed by atoms with Gasteiger partial charge in [0.1, 0.15) is 100 Å². The van der Waals surface area contributed by atoms with Crippen molar-refractivity contribution in [3.8, 4) is 5.75 Å². The van der Waals surface area contributed by atoms with Crippen molar-refractivity contribution < 1.29 is 100 Å². The zero-order chi connectivity index (χ0) is 93.9. The van der Waals surface area contributed by atoms with Crippen LogP contribution in [0.2, 0.25) is 0 Å². The summed E-state index contributed by atoms with van der Waals surface area (Å²) in [5.74, 6) is -4.42. The number of imidazole rings is 1. The lowest BCUT2D eigenvalue weighted by molar-refractivity contribution is -0.164. The molecule has 0 bridgehead atoms. The van der Waals surface area contributed by atoms with Crippen LogP contribution in [-0.4, -0.2) is 294 Å². The molecule has 1 aromatic carbocycles. The summed E-state index contributed by atoms with van der Waals surface area (Å²) < 4.78 is 54.3. The Morgan fingerprint density at radius 1 is 0.432 bits per heavy atom. The van der Waals surface area contributed by atoms with E-state index in [0.29, 0.717) is 134 Å². The van der Waals surface area contributed by atoms with Crippen molar-refractivity contribution in [2.45, 2.75) is 320 Å². The molecule has 125 heavy (non-hydrogen) atoms. The minimum absolute atomic E-state index is 0.00169. The van der Waals surface area contributed by atoms with Gasteiger partial charge in [-0.15, -0.1) is 5.10 Å². The number of aromatic nitrogens is 5. The van der Waals surface area contributed by atoms with Crippen LogP contribution >= 0.6 is 0 Å². The molecular formula is C89H149N15O21. The molecule has 36 nitrogen and oxygen atoms in total. The molecule has 0 spiro atoms. The fraction of sp³-hybridized carbons (Fsp3) is 0.742. The van der Waals surface area contributed by atoms with E-state index in [1.54, 1.807) is 132 Å². The first-order valence-corrected chi connectivity index (χ1v) is 43.6. The molecule has 1 saturated heterocycles. The molecule has 0 aliphatic carbocycles. The highest BCUT2D eigenvalue weighted by atomic mass is 16.6. The molecule has 1 fully saturated rings. The molecule has 0 saturated carbocycles. The van der Waals surface area contributed by atoms with E-state index in [-0.39, 0.29) is 95.9 Å². The second-order valence-corrected chi connectivity index (χ2v) is 39.6. The zero-order valence-electron chi connectivity index (χ0n) is 79.3. The van der Waals surface area contributed by atoms with Crippen molar-refractivity contribution >= 4 is 71.5 Å². The van der Waals surface area contributed by atoms with E-state index < -0.39 is 124 Å². The molecule has 4 rings (SSSR count). The third kappa shape index (κ3) is 51.1. The first-order valence-electron chi connectivity index (χ1n) is 43.6. The molecule has 1 aliphatic rings.